The number of rotatable bonds is 6. The SMILES string of the molecule is NC(=O)CCNC(=O)Nc1cccc(/C=C/C(=O)O)c1. The van der Waals surface area contributed by atoms with Crippen LogP contribution in [0.2, 0.25) is 0 Å². The maximum atomic E-state index is 11.5. The summed E-state index contributed by atoms with van der Waals surface area (Å²) in [4.78, 5) is 32.4. The smallest absolute Gasteiger partial charge is 0.328 e. The minimum atomic E-state index is -1.05. The second kappa shape index (κ2) is 7.57. The van der Waals surface area contributed by atoms with Gasteiger partial charge in [0.05, 0.1) is 0 Å². The highest BCUT2D eigenvalue weighted by atomic mass is 16.4. The predicted molar refractivity (Wildman–Crippen MR) is 73.9 cm³/mol. The fraction of sp³-hybridized carbons (Fsp3) is 0.154. The van der Waals surface area contributed by atoms with Crippen molar-refractivity contribution >= 4 is 29.7 Å². The van der Waals surface area contributed by atoms with Crippen LogP contribution in [0.15, 0.2) is 30.3 Å². The van der Waals surface area contributed by atoms with E-state index in [9.17, 15) is 14.4 Å². The van der Waals surface area contributed by atoms with Crippen LogP contribution in [0.25, 0.3) is 6.08 Å². The number of hydrogen-bond donors (Lipinski definition) is 4. The summed E-state index contributed by atoms with van der Waals surface area (Å²) in [6, 6.07) is 6.19. The summed E-state index contributed by atoms with van der Waals surface area (Å²) in [5, 5.41) is 13.6. The summed E-state index contributed by atoms with van der Waals surface area (Å²) in [5.41, 5.74) is 6.09. The minimum absolute atomic E-state index is 0.0643. The van der Waals surface area contributed by atoms with Crippen LogP contribution in [0.5, 0.6) is 0 Å². The van der Waals surface area contributed by atoms with Crippen LogP contribution < -0.4 is 16.4 Å². The summed E-state index contributed by atoms with van der Waals surface area (Å²) < 4.78 is 0. The third-order valence-electron chi connectivity index (χ3n) is 2.22. The van der Waals surface area contributed by atoms with Gasteiger partial charge in [-0.3, -0.25) is 4.79 Å². The van der Waals surface area contributed by atoms with Gasteiger partial charge in [-0.25, -0.2) is 9.59 Å². The molecule has 0 unspecified atom stereocenters. The molecule has 0 radical (unpaired) electrons. The standard InChI is InChI=1S/C13H15N3O4/c14-11(17)6-7-15-13(20)16-10-3-1-2-9(8-10)4-5-12(18)19/h1-5,8H,6-7H2,(H2,14,17)(H,18,19)(H2,15,16,20)/b5-4+. The van der Waals surface area contributed by atoms with Crippen molar-refractivity contribution < 1.29 is 19.5 Å². The number of urea groups is 1. The number of primary amides is 1. The first-order valence-electron chi connectivity index (χ1n) is 5.81. The lowest BCUT2D eigenvalue weighted by molar-refractivity contribution is -0.131. The molecule has 0 saturated carbocycles. The van der Waals surface area contributed by atoms with E-state index < -0.39 is 17.9 Å². The molecule has 0 spiro atoms. The molecule has 0 aliphatic heterocycles. The molecule has 0 bridgehead atoms. The number of nitrogens with two attached hydrogens (primary N) is 1. The van der Waals surface area contributed by atoms with E-state index in [1.807, 2.05) is 0 Å². The van der Waals surface area contributed by atoms with Gasteiger partial charge in [0.1, 0.15) is 0 Å². The Morgan fingerprint density at radius 3 is 2.70 bits per heavy atom. The lowest BCUT2D eigenvalue weighted by Crippen LogP contribution is -2.31. The molecule has 7 heteroatoms. The van der Waals surface area contributed by atoms with E-state index in [2.05, 4.69) is 10.6 Å². The van der Waals surface area contributed by atoms with Gasteiger partial charge in [0.2, 0.25) is 5.91 Å². The normalized spacial score (nSPS) is 10.2. The highest BCUT2D eigenvalue weighted by molar-refractivity contribution is 5.90. The first-order valence-corrected chi connectivity index (χ1v) is 5.81. The average Bonchev–Trinajstić information content (AvgIpc) is 2.36. The van der Waals surface area contributed by atoms with Gasteiger partial charge in [0.15, 0.2) is 0 Å². The Morgan fingerprint density at radius 2 is 2.05 bits per heavy atom. The third kappa shape index (κ3) is 6.20. The molecule has 0 saturated heterocycles. The molecule has 1 aromatic carbocycles. The fourth-order valence-corrected chi connectivity index (χ4v) is 1.36. The summed E-state index contributed by atoms with van der Waals surface area (Å²) in [6.45, 7) is 0.153. The van der Waals surface area contributed by atoms with E-state index in [0.717, 1.165) is 6.08 Å². The lowest BCUT2D eigenvalue weighted by Gasteiger charge is -2.07. The fourth-order valence-electron chi connectivity index (χ4n) is 1.36. The van der Waals surface area contributed by atoms with Crippen LogP contribution in [0.4, 0.5) is 10.5 Å². The Hall–Kier alpha value is -2.83. The summed E-state index contributed by atoms with van der Waals surface area (Å²) >= 11 is 0. The summed E-state index contributed by atoms with van der Waals surface area (Å²) in [6.07, 6.45) is 2.49. The minimum Gasteiger partial charge on any atom is -0.478 e. The number of carboxylic acids is 1. The number of benzene rings is 1. The topological polar surface area (TPSA) is 122 Å². The molecular weight excluding hydrogens is 262 g/mol. The molecule has 0 heterocycles. The van der Waals surface area contributed by atoms with E-state index in [-0.39, 0.29) is 13.0 Å². The van der Waals surface area contributed by atoms with Crippen molar-refractivity contribution in [3.8, 4) is 0 Å². The Bertz CT molecular complexity index is 540. The van der Waals surface area contributed by atoms with Crippen molar-refractivity contribution in [3.05, 3.63) is 35.9 Å². The van der Waals surface area contributed by atoms with E-state index in [1.54, 1.807) is 24.3 Å². The van der Waals surface area contributed by atoms with Crippen LogP contribution in [-0.2, 0) is 9.59 Å². The molecule has 20 heavy (non-hydrogen) atoms. The maximum absolute atomic E-state index is 11.5. The predicted octanol–water partition coefficient (Wildman–Crippen LogP) is 0.781. The van der Waals surface area contributed by atoms with Crippen molar-refractivity contribution in [2.24, 2.45) is 5.73 Å². The first kappa shape index (κ1) is 15.2. The number of carboxylic acid groups (broad SMARTS) is 1. The Morgan fingerprint density at radius 1 is 1.30 bits per heavy atom. The van der Waals surface area contributed by atoms with Crippen LogP contribution in [0.1, 0.15) is 12.0 Å². The molecule has 0 fully saturated rings. The van der Waals surface area contributed by atoms with Crippen molar-refractivity contribution in [2.45, 2.75) is 6.42 Å². The van der Waals surface area contributed by atoms with Crippen molar-refractivity contribution in [2.75, 3.05) is 11.9 Å². The van der Waals surface area contributed by atoms with Gasteiger partial charge in [-0.1, -0.05) is 12.1 Å². The summed E-state index contributed by atoms with van der Waals surface area (Å²) in [5.74, 6) is -1.54. The Balaban J connectivity index is 2.55. The number of carbonyl (C=O) groups excluding carboxylic acids is 2. The van der Waals surface area contributed by atoms with Gasteiger partial charge in [-0.2, -0.15) is 0 Å². The molecule has 1 aromatic rings. The van der Waals surface area contributed by atoms with Crippen molar-refractivity contribution in [3.63, 3.8) is 0 Å². The molecule has 106 valence electrons. The number of amides is 3. The van der Waals surface area contributed by atoms with Crippen LogP contribution >= 0.6 is 0 Å². The molecule has 0 aliphatic carbocycles. The third-order valence-corrected chi connectivity index (χ3v) is 2.22. The number of carbonyl (C=O) groups is 3. The highest BCUT2D eigenvalue weighted by Gasteiger charge is 2.02. The quantitative estimate of drug-likeness (QED) is 0.574. The number of aliphatic carboxylic acids is 1. The number of anilines is 1. The molecule has 0 atom stereocenters. The molecular formula is C13H15N3O4. The lowest BCUT2D eigenvalue weighted by atomic mass is 10.2. The van der Waals surface area contributed by atoms with Crippen LogP contribution in [0.3, 0.4) is 0 Å². The average molecular weight is 277 g/mol. The first-order chi connectivity index (χ1) is 9.47. The van der Waals surface area contributed by atoms with Crippen molar-refractivity contribution in [1.82, 2.24) is 5.32 Å². The molecule has 3 amide bonds. The molecule has 5 N–H and O–H groups in total. The highest BCUT2D eigenvalue weighted by Crippen LogP contribution is 2.11. The van der Waals surface area contributed by atoms with Gasteiger partial charge in [0.25, 0.3) is 0 Å². The molecule has 0 aliphatic rings. The molecule has 7 nitrogen and oxygen atoms in total. The number of hydrogen-bond acceptors (Lipinski definition) is 3. The van der Waals surface area contributed by atoms with Gasteiger partial charge in [0, 0.05) is 24.7 Å². The monoisotopic (exact) mass is 277 g/mol. The molecule has 1 rings (SSSR count). The summed E-state index contributed by atoms with van der Waals surface area (Å²) in [7, 11) is 0. The van der Waals surface area contributed by atoms with Gasteiger partial charge in [-0.15, -0.1) is 0 Å². The zero-order valence-electron chi connectivity index (χ0n) is 10.6. The van der Waals surface area contributed by atoms with E-state index in [0.29, 0.717) is 11.3 Å². The largest absolute Gasteiger partial charge is 0.478 e. The number of nitrogens with one attached hydrogen (secondary N) is 2. The van der Waals surface area contributed by atoms with Crippen LogP contribution in [-0.4, -0.2) is 29.6 Å². The van der Waals surface area contributed by atoms with Gasteiger partial charge >= 0.3 is 12.0 Å². The zero-order valence-corrected chi connectivity index (χ0v) is 10.6. The Labute approximate surface area is 115 Å². The van der Waals surface area contributed by atoms with Gasteiger partial charge in [-0.05, 0) is 23.8 Å². The maximum Gasteiger partial charge on any atom is 0.328 e. The second-order valence-corrected chi connectivity index (χ2v) is 3.89. The van der Waals surface area contributed by atoms with E-state index in [4.69, 9.17) is 10.8 Å². The van der Waals surface area contributed by atoms with E-state index >= 15 is 0 Å². The zero-order chi connectivity index (χ0) is 15.0. The second-order valence-electron chi connectivity index (χ2n) is 3.89. The Kier molecular flexibility index (Phi) is 5.76. The van der Waals surface area contributed by atoms with Crippen LogP contribution in [0, 0.1) is 0 Å². The van der Waals surface area contributed by atoms with Crippen molar-refractivity contribution in [1.29, 1.82) is 0 Å². The molecule has 0 aromatic heterocycles. The van der Waals surface area contributed by atoms with Gasteiger partial charge < -0.3 is 21.5 Å². The van der Waals surface area contributed by atoms with E-state index in [1.165, 1.54) is 6.08 Å².